The first-order valence-electron chi connectivity index (χ1n) is 8.69. The minimum Gasteiger partial charge on any atom is -0.421 e. The summed E-state index contributed by atoms with van der Waals surface area (Å²) in [6.45, 7) is 3.60. The summed E-state index contributed by atoms with van der Waals surface area (Å²) in [7, 11) is 0. The Labute approximate surface area is 141 Å². The topological polar surface area (TPSA) is 71.3 Å². The quantitative estimate of drug-likeness (QED) is 0.828. The van der Waals surface area contributed by atoms with Crippen LogP contribution in [0.15, 0.2) is 33.5 Å². The van der Waals surface area contributed by atoms with Gasteiger partial charge in [0, 0.05) is 17.3 Å². The molecule has 0 unspecified atom stereocenters. The maximum atomic E-state index is 12.4. The van der Waals surface area contributed by atoms with Crippen LogP contribution in [0.5, 0.6) is 0 Å². The number of carbonyl (C=O) groups is 1. The average molecular weight is 328 g/mol. The molecule has 1 aromatic heterocycles. The lowest BCUT2D eigenvalue weighted by Crippen LogP contribution is -2.27. The molecule has 1 aromatic carbocycles. The summed E-state index contributed by atoms with van der Waals surface area (Å²) < 4.78 is 5.39. The molecule has 0 saturated heterocycles. The zero-order valence-corrected chi connectivity index (χ0v) is 14.2. The van der Waals surface area contributed by atoms with Gasteiger partial charge >= 0.3 is 5.63 Å². The number of anilines is 2. The van der Waals surface area contributed by atoms with Gasteiger partial charge in [-0.25, -0.2) is 4.79 Å². The van der Waals surface area contributed by atoms with Gasteiger partial charge in [-0.1, -0.05) is 45.2 Å². The summed E-state index contributed by atoms with van der Waals surface area (Å²) in [5.74, 6) is -0.400. The fourth-order valence-corrected chi connectivity index (χ4v) is 3.13. The van der Waals surface area contributed by atoms with Gasteiger partial charge in [-0.05, 0) is 25.0 Å². The second-order valence-corrected chi connectivity index (χ2v) is 6.76. The number of amides is 1. The second kappa shape index (κ2) is 7.07. The molecular weight excluding hydrogens is 304 g/mol. The Kier molecular flexibility index (Phi) is 4.88. The van der Waals surface area contributed by atoms with Crippen molar-refractivity contribution in [1.82, 2.24) is 0 Å². The Morgan fingerprint density at radius 3 is 2.54 bits per heavy atom. The van der Waals surface area contributed by atoms with E-state index in [1.54, 1.807) is 19.9 Å². The second-order valence-electron chi connectivity index (χ2n) is 6.76. The van der Waals surface area contributed by atoms with Gasteiger partial charge in [0.15, 0.2) is 5.69 Å². The lowest BCUT2D eigenvalue weighted by atomic mass is 9.95. The lowest BCUT2D eigenvalue weighted by molar-refractivity contribution is -0.118. The molecule has 2 N–H and O–H groups in total. The van der Waals surface area contributed by atoms with Crippen LogP contribution in [0.4, 0.5) is 11.4 Å². The molecule has 3 rings (SSSR count). The van der Waals surface area contributed by atoms with Gasteiger partial charge in [0.25, 0.3) is 0 Å². The van der Waals surface area contributed by atoms with Crippen LogP contribution in [0.25, 0.3) is 11.0 Å². The molecule has 5 heteroatoms. The van der Waals surface area contributed by atoms with Crippen LogP contribution in [0, 0.1) is 5.92 Å². The third-order valence-corrected chi connectivity index (χ3v) is 4.54. The van der Waals surface area contributed by atoms with Crippen molar-refractivity contribution < 1.29 is 9.21 Å². The molecule has 5 nitrogen and oxygen atoms in total. The Hall–Kier alpha value is -2.30. The van der Waals surface area contributed by atoms with Crippen molar-refractivity contribution in [1.29, 1.82) is 0 Å². The number of rotatable bonds is 4. The van der Waals surface area contributed by atoms with Gasteiger partial charge in [-0.3, -0.25) is 4.79 Å². The summed E-state index contributed by atoms with van der Waals surface area (Å²) in [5.41, 5.74) is 0.921. The van der Waals surface area contributed by atoms with Crippen LogP contribution in [-0.4, -0.2) is 11.9 Å². The minimum atomic E-state index is -0.513. The van der Waals surface area contributed by atoms with Crippen LogP contribution in [0.1, 0.15) is 46.0 Å². The molecular formula is C19H24N2O3. The first-order valence-corrected chi connectivity index (χ1v) is 8.69. The van der Waals surface area contributed by atoms with E-state index in [4.69, 9.17) is 4.42 Å². The van der Waals surface area contributed by atoms with E-state index in [2.05, 4.69) is 10.6 Å². The molecule has 0 atom stereocenters. The number of benzene rings is 1. The van der Waals surface area contributed by atoms with Crippen molar-refractivity contribution in [2.24, 2.45) is 5.92 Å². The Bertz CT molecular complexity index is 789. The summed E-state index contributed by atoms with van der Waals surface area (Å²) in [6.07, 6.45) is 5.78. The fourth-order valence-electron chi connectivity index (χ4n) is 3.13. The molecule has 0 radical (unpaired) electrons. The number of nitrogens with one attached hydrogen (secondary N) is 2. The van der Waals surface area contributed by atoms with E-state index in [1.807, 2.05) is 18.2 Å². The van der Waals surface area contributed by atoms with Crippen molar-refractivity contribution in [3.8, 4) is 0 Å². The number of hydrogen-bond acceptors (Lipinski definition) is 4. The van der Waals surface area contributed by atoms with E-state index in [9.17, 15) is 9.59 Å². The molecule has 0 spiro atoms. The minimum absolute atomic E-state index is 0.190. The molecule has 0 bridgehead atoms. The van der Waals surface area contributed by atoms with Gasteiger partial charge in [-0.2, -0.15) is 0 Å². The van der Waals surface area contributed by atoms with E-state index in [0.717, 1.165) is 18.2 Å². The zero-order chi connectivity index (χ0) is 17.1. The molecule has 1 heterocycles. The highest BCUT2D eigenvalue weighted by Crippen LogP contribution is 2.31. The van der Waals surface area contributed by atoms with Gasteiger partial charge in [0.2, 0.25) is 5.91 Å². The summed E-state index contributed by atoms with van der Waals surface area (Å²) >= 11 is 0. The smallest absolute Gasteiger partial charge is 0.362 e. The Balaban J connectivity index is 2.06. The number of carbonyl (C=O) groups excluding carboxylic acids is 1. The maximum Gasteiger partial charge on any atom is 0.362 e. The van der Waals surface area contributed by atoms with Crippen LogP contribution in [-0.2, 0) is 4.79 Å². The predicted molar refractivity (Wildman–Crippen MR) is 96.4 cm³/mol. The standard InChI is InChI=1S/C19H24N2O3/c1-12(2)18(22)21-17-16(20-13-8-4-3-5-9-13)14-10-6-7-11-15(14)24-19(17)23/h6-7,10-13,20H,3-5,8-9H2,1-2H3,(H,21,22). The highest BCUT2D eigenvalue weighted by molar-refractivity contribution is 6.02. The summed E-state index contributed by atoms with van der Waals surface area (Å²) in [5, 5.41) is 7.08. The molecule has 1 saturated carbocycles. The average Bonchev–Trinajstić information content (AvgIpc) is 2.58. The zero-order valence-electron chi connectivity index (χ0n) is 14.2. The molecule has 1 amide bonds. The first-order chi connectivity index (χ1) is 11.6. The SMILES string of the molecule is CC(C)C(=O)Nc1c(NC2CCCCC2)c2ccccc2oc1=O. The molecule has 24 heavy (non-hydrogen) atoms. The highest BCUT2D eigenvalue weighted by Gasteiger charge is 2.21. The largest absolute Gasteiger partial charge is 0.421 e. The molecule has 128 valence electrons. The monoisotopic (exact) mass is 328 g/mol. The predicted octanol–water partition coefficient (Wildman–Crippen LogP) is 4.13. The fraction of sp³-hybridized carbons (Fsp3) is 0.474. The molecule has 1 aliphatic carbocycles. The molecule has 1 fully saturated rings. The van der Waals surface area contributed by atoms with E-state index >= 15 is 0 Å². The van der Waals surface area contributed by atoms with Crippen molar-refractivity contribution in [2.45, 2.75) is 52.0 Å². The van der Waals surface area contributed by atoms with Crippen LogP contribution in [0.3, 0.4) is 0 Å². The number of hydrogen-bond donors (Lipinski definition) is 2. The summed E-state index contributed by atoms with van der Waals surface area (Å²) in [6, 6.07) is 7.74. The third-order valence-electron chi connectivity index (χ3n) is 4.54. The van der Waals surface area contributed by atoms with Gasteiger partial charge in [-0.15, -0.1) is 0 Å². The summed E-state index contributed by atoms with van der Waals surface area (Å²) in [4.78, 5) is 24.6. The van der Waals surface area contributed by atoms with Crippen LogP contribution >= 0.6 is 0 Å². The molecule has 0 aliphatic heterocycles. The van der Waals surface area contributed by atoms with Gasteiger partial charge < -0.3 is 15.1 Å². The Morgan fingerprint density at radius 2 is 1.83 bits per heavy atom. The molecule has 1 aliphatic rings. The normalized spacial score (nSPS) is 15.6. The van der Waals surface area contributed by atoms with E-state index in [0.29, 0.717) is 17.3 Å². The van der Waals surface area contributed by atoms with Crippen LogP contribution in [0.2, 0.25) is 0 Å². The van der Waals surface area contributed by atoms with Gasteiger partial charge in [0.05, 0.1) is 5.69 Å². The lowest BCUT2D eigenvalue weighted by Gasteiger charge is -2.25. The Morgan fingerprint density at radius 1 is 1.12 bits per heavy atom. The first kappa shape index (κ1) is 16.6. The number of para-hydroxylation sites is 1. The molecule has 2 aromatic rings. The van der Waals surface area contributed by atoms with Crippen LogP contribution < -0.4 is 16.3 Å². The third kappa shape index (κ3) is 3.45. The van der Waals surface area contributed by atoms with E-state index < -0.39 is 5.63 Å². The van der Waals surface area contributed by atoms with Crippen molar-refractivity contribution in [2.75, 3.05) is 10.6 Å². The van der Waals surface area contributed by atoms with Gasteiger partial charge in [0.1, 0.15) is 5.58 Å². The van der Waals surface area contributed by atoms with Crippen molar-refractivity contribution in [3.63, 3.8) is 0 Å². The maximum absolute atomic E-state index is 12.4. The van der Waals surface area contributed by atoms with Crippen molar-refractivity contribution in [3.05, 3.63) is 34.7 Å². The number of fused-ring (bicyclic) bond motifs is 1. The van der Waals surface area contributed by atoms with Crippen molar-refractivity contribution >= 4 is 28.3 Å². The van der Waals surface area contributed by atoms with E-state index in [-0.39, 0.29) is 17.5 Å². The highest BCUT2D eigenvalue weighted by atomic mass is 16.4. The van der Waals surface area contributed by atoms with E-state index in [1.165, 1.54) is 19.3 Å².